The Hall–Kier alpha value is -1.42. The summed E-state index contributed by atoms with van der Waals surface area (Å²) in [7, 11) is 0. The number of halogens is 3. The van der Waals surface area contributed by atoms with Gasteiger partial charge in [0.15, 0.2) is 0 Å². The molecule has 0 aliphatic rings. The number of aromatic carboxylic acids is 1. The van der Waals surface area contributed by atoms with Gasteiger partial charge in [0.05, 0.1) is 15.1 Å². The fourth-order valence-corrected chi connectivity index (χ4v) is 2.23. The highest BCUT2D eigenvalue weighted by Crippen LogP contribution is 2.40. The van der Waals surface area contributed by atoms with E-state index in [0.717, 1.165) is 0 Å². The predicted octanol–water partition coefficient (Wildman–Crippen LogP) is 4.72. The van der Waals surface area contributed by atoms with Crippen molar-refractivity contribution in [2.45, 2.75) is 0 Å². The van der Waals surface area contributed by atoms with Gasteiger partial charge in [-0.05, 0) is 29.8 Å². The smallest absolute Gasteiger partial charge is 0.339 e. The summed E-state index contributed by atoms with van der Waals surface area (Å²) in [6.45, 7) is 0. The number of rotatable bonds is 2. The zero-order valence-corrected chi connectivity index (χ0v) is 11.6. The molecule has 0 amide bonds. The van der Waals surface area contributed by atoms with Gasteiger partial charge in [0, 0.05) is 5.56 Å². The van der Waals surface area contributed by atoms with Crippen LogP contribution in [0.15, 0.2) is 30.3 Å². The minimum atomic E-state index is -1.24. The van der Waals surface area contributed by atoms with Crippen molar-refractivity contribution in [1.82, 2.24) is 0 Å². The van der Waals surface area contributed by atoms with E-state index in [9.17, 15) is 9.90 Å². The van der Waals surface area contributed by atoms with Crippen molar-refractivity contribution in [3.8, 4) is 16.9 Å². The van der Waals surface area contributed by atoms with E-state index in [1.165, 1.54) is 18.2 Å². The van der Waals surface area contributed by atoms with E-state index in [0.29, 0.717) is 10.6 Å². The Kier molecular flexibility index (Phi) is 3.90. The average molecular weight is 318 g/mol. The van der Waals surface area contributed by atoms with Crippen LogP contribution in [-0.2, 0) is 0 Å². The summed E-state index contributed by atoms with van der Waals surface area (Å²) in [5.74, 6) is -1.64. The largest absolute Gasteiger partial charge is 0.506 e. The van der Waals surface area contributed by atoms with Crippen LogP contribution in [0.5, 0.6) is 5.75 Å². The summed E-state index contributed by atoms with van der Waals surface area (Å²) >= 11 is 17.7. The number of hydrogen-bond acceptors (Lipinski definition) is 2. The molecule has 0 heterocycles. The third kappa shape index (κ3) is 2.63. The maximum absolute atomic E-state index is 11.0. The predicted molar refractivity (Wildman–Crippen MR) is 75.5 cm³/mol. The van der Waals surface area contributed by atoms with Gasteiger partial charge >= 0.3 is 5.97 Å². The monoisotopic (exact) mass is 316 g/mol. The van der Waals surface area contributed by atoms with E-state index in [1.807, 2.05) is 0 Å². The molecule has 98 valence electrons. The lowest BCUT2D eigenvalue weighted by atomic mass is 10.0. The summed E-state index contributed by atoms with van der Waals surface area (Å²) < 4.78 is 0. The van der Waals surface area contributed by atoms with E-state index >= 15 is 0 Å². The quantitative estimate of drug-likeness (QED) is 0.842. The number of carboxylic acid groups (broad SMARTS) is 1. The van der Waals surface area contributed by atoms with Gasteiger partial charge in [-0.25, -0.2) is 4.79 Å². The Bertz CT molecular complexity index is 668. The standard InChI is InChI=1S/C13H7Cl3O3/c14-8-3-1-6(5-10(8)16)11-9(15)4-2-7(12(11)17)13(18)19/h1-5,17H,(H,18,19). The van der Waals surface area contributed by atoms with E-state index in [-0.39, 0.29) is 21.2 Å². The molecule has 0 fully saturated rings. The lowest BCUT2D eigenvalue weighted by Gasteiger charge is -2.10. The zero-order chi connectivity index (χ0) is 14.2. The number of aromatic hydroxyl groups is 1. The fourth-order valence-electron chi connectivity index (χ4n) is 1.67. The average Bonchev–Trinajstić information content (AvgIpc) is 2.33. The second-order valence-electron chi connectivity index (χ2n) is 3.75. The summed E-state index contributed by atoms with van der Waals surface area (Å²) in [4.78, 5) is 11.0. The Labute approximate surface area is 124 Å². The highest BCUT2D eigenvalue weighted by molar-refractivity contribution is 6.42. The van der Waals surface area contributed by atoms with Gasteiger partial charge in [0.1, 0.15) is 11.3 Å². The SMILES string of the molecule is O=C(O)c1ccc(Cl)c(-c2ccc(Cl)c(Cl)c2)c1O. The molecule has 2 aromatic rings. The lowest BCUT2D eigenvalue weighted by Crippen LogP contribution is -1.98. The Morgan fingerprint density at radius 3 is 2.16 bits per heavy atom. The van der Waals surface area contributed by atoms with Crippen molar-refractivity contribution in [3.05, 3.63) is 51.0 Å². The molecule has 3 nitrogen and oxygen atoms in total. The molecule has 0 saturated carbocycles. The van der Waals surface area contributed by atoms with E-state index in [2.05, 4.69) is 0 Å². The van der Waals surface area contributed by atoms with E-state index in [4.69, 9.17) is 39.9 Å². The van der Waals surface area contributed by atoms with Crippen molar-refractivity contribution in [2.24, 2.45) is 0 Å². The van der Waals surface area contributed by atoms with Crippen molar-refractivity contribution >= 4 is 40.8 Å². The molecule has 6 heteroatoms. The second-order valence-corrected chi connectivity index (χ2v) is 4.97. The number of hydrogen-bond donors (Lipinski definition) is 2. The van der Waals surface area contributed by atoms with Gasteiger partial charge in [-0.3, -0.25) is 0 Å². The third-order valence-electron chi connectivity index (χ3n) is 2.57. The van der Waals surface area contributed by atoms with Gasteiger partial charge in [-0.2, -0.15) is 0 Å². The number of phenols is 1. The van der Waals surface area contributed by atoms with Crippen LogP contribution in [0.3, 0.4) is 0 Å². The number of carboxylic acids is 1. The van der Waals surface area contributed by atoms with Crippen LogP contribution in [0.4, 0.5) is 0 Å². The third-order valence-corrected chi connectivity index (χ3v) is 3.62. The first-order valence-corrected chi connectivity index (χ1v) is 6.25. The van der Waals surface area contributed by atoms with E-state index < -0.39 is 11.7 Å². The van der Waals surface area contributed by atoms with Gasteiger partial charge in [0.2, 0.25) is 0 Å². The van der Waals surface area contributed by atoms with Gasteiger partial charge < -0.3 is 10.2 Å². The molecule has 0 unspecified atom stereocenters. The van der Waals surface area contributed by atoms with Crippen molar-refractivity contribution in [2.75, 3.05) is 0 Å². The van der Waals surface area contributed by atoms with Gasteiger partial charge in [-0.1, -0.05) is 40.9 Å². The van der Waals surface area contributed by atoms with Crippen molar-refractivity contribution in [3.63, 3.8) is 0 Å². The van der Waals surface area contributed by atoms with Crippen molar-refractivity contribution < 1.29 is 15.0 Å². The maximum Gasteiger partial charge on any atom is 0.339 e. The maximum atomic E-state index is 11.0. The molecule has 2 N–H and O–H groups in total. The van der Waals surface area contributed by atoms with Crippen LogP contribution in [0.25, 0.3) is 11.1 Å². The molecule has 0 aliphatic carbocycles. The molecule has 0 saturated heterocycles. The van der Waals surface area contributed by atoms with Crippen LogP contribution < -0.4 is 0 Å². The summed E-state index contributed by atoms with van der Waals surface area (Å²) in [5, 5.41) is 19.9. The topological polar surface area (TPSA) is 57.5 Å². The first-order valence-electron chi connectivity index (χ1n) is 5.12. The summed E-state index contributed by atoms with van der Waals surface area (Å²) in [6.07, 6.45) is 0. The van der Waals surface area contributed by atoms with Crippen LogP contribution in [0.2, 0.25) is 15.1 Å². The minimum Gasteiger partial charge on any atom is -0.506 e. The van der Waals surface area contributed by atoms with Crippen molar-refractivity contribution in [1.29, 1.82) is 0 Å². The van der Waals surface area contributed by atoms with Crippen LogP contribution >= 0.6 is 34.8 Å². The molecule has 2 aromatic carbocycles. The molecular formula is C13H7Cl3O3. The van der Waals surface area contributed by atoms with Crippen LogP contribution in [0, 0.1) is 0 Å². The molecule has 0 spiro atoms. The first-order chi connectivity index (χ1) is 8.91. The Morgan fingerprint density at radius 1 is 0.947 bits per heavy atom. The Morgan fingerprint density at radius 2 is 1.58 bits per heavy atom. The summed E-state index contributed by atoms with van der Waals surface area (Å²) in [6, 6.07) is 7.29. The molecule has 0 atom stereocenters. The van der Waals surface area contributed by atoms with Gasteiger partial charge in [0.25, 0.3) is 0 Å². The first kappa shape index (κ1) is 14.0. The van der Waals surface area contributed by atoms with Crippen LogP contribution in [-0.4, -0.2) is 16.2 Å². The highest BCUT2D eigenvalue weighted by Gasteiger charge is 2.18. The zero-order valence-electron chi connectivity index (χ0n) is 9.32. The molecule has 2 rings (SSSR count). The molecule has 0 radical (unpaired) electrons. The Balaban J connectivity index is 2.70. The van der Waals surface area contributed by atoms with Gasteiger partial charge in [-0.15, -0.1) is 0 Å². The molecule has 0 bridgehead atoms. The minimum absolute atomic E-state index is 0.208. The molecule has 0 aliphatic heterocycles. The van der Waals surface area contributed by atoms with Crippen LogP contribution in [0.1, 0.15) is 10.4 Å². The normalized spacial score (nSPS) is 10.5. The molecule has 19 heavy (non-hydrogen) atoms. The number of benzene rings is 2. The van der Waals surface area contributed by atoms with E-state index in [1.54, 1.807) is 12.1 Å². The molecular weight excluding hydrogens is 310 g/mol. The lowest BCUT2D eigenvalue weighted by molar-refractivity contribution is 0.0694. The number of carbonyl (C=O) groups is 1. The molecule has 0 aromatic heterocycles. The second kappa shape index (κ2) is 5.29. The fraction of sp³-hybridized carbons (Fsp3) is 0. The summed E-state index contributed by atoms with van der Waals surface area (Å²) in [5.41, 5.74) is 0.464. The highest BCUT2D eigenvalue weighted by atomic mass is 35.5.